The number of aromatic nitrogens is 1. The van der Waals surface area contributed by atoms with Gasteiger partial charge in [-0.05, 0) is 18.2 Å². The Bertz CT molecular complexity index is 789. The summed E-state index contributed by atoms with van der Waals surface area (Å²) in [6.07, 6.45) is 1.03. The number of fused-ring (bicyclic) bond motifs is 3. The summed E-state index contributed by atoms with van der Waals surface area (Å²) in [6.45, 7) is 3.41. The van der Waals surface area contributed by atoms with Gasteiger partial charge in [0.05, 0.1) is 17.5 Å². The lowest BCUT2D eigenvalue weighted by atomic mass is 10.2. The van der Waals surface area contributed by atoms with Crippen LogP contribution in [0.25, 0.3) is 21.8 Å². The standard InChI is InChI=1S/C17H13NO2/c1-2-12(19)11-17(20)18-15-9-5-3-7-13(15)14-8-4-6-10-16(14)18/h2-10H,1,11H2. The Kier molecular flexibility index (Phi) is 2.95. The molecule has 3 nitrogen and oxygen atoms in total. The van der Waals surface area contributed by atoms with Gasteiger partial charge in [0.1, 0.15) is 0 Å². The van der Waals surface area contributed by atoms with Gasteiger partial charge in [0.25, 0.3) is 0 Å². The minimum Gasteiger partial charge on any atom is -0.294 e. The molecule has 0 aliphatic heterocycles. The third-order valence-electron chi connectivity index (χ3n) is 3.38. The van der Waals surface area contributed by atoms with Crippen LogP contribution in [-0.4, -0.2) is 16.3 Å². The maximum Gasteiger partial charge on any atom is 0.239 e. The fourth-order valence-corrected chi connectivity index (χ4v) is 2.49. The van der Waals surface area contributed by atoms with E-state index < -0.39 is 0 Å². The minimum atomic E-state index is -0.267. The van der Waals surface area contributed by atoms with Crippen LogP contribution in [0.2, 0.25) is 0 Å². The topological polar surface area (TPSA) is 39.1 Å². The summed E-state index contributed by atoms with van der Waals surface area (Å²) in [6, 6.07) is 15.4. The van der Waals surface area contributed by atoms with E-state index in [0.717, 1.165) is 21.8 Å². The van der Waals surface area contributed by atoms with Gasteiger partial charge in [-0.3, -0.25) is 14.2 Å². The molecule has 0 bridgehead atoms. The van der Waals surface area contributed by atoms with Crippen molar-refractivity contribution < 1.29 is 9.59 Å². The van der Waals surface area contributed by atoms with E-state index in [9.17, 15) is 9.59 Å². The summed E-state index contributed by atoms with van der Waals surface area (Å²) in [4.78, 5) is 23.8. The van der Waals surface area contributed by atoms with Crippen molar-refractivity contribution >= 4 is 33.5 Å². The van der Waals surface area contributed by atoms with Gasteiger partial charge in [-0.2, -0.15) is 0 Å². The third kappa shape index (κ3) is 1.84. The Morgan fingerprint density at radius 1 is 0.950 bits per heavy atom. The molecule has 0 spiro atoms. The maximum atomic E-state index is 12.4. The summed E-state index contributed by atoms with van der Waals surface area (Å²) in [5.41, 5.74) is 1.66. The highest BCUT2D eigenvalue weighted by Crippen LogP contribution is 2.28. The lowest BCUT2D eigenvalue weighted by Crippen LogP contribution is -2.13. The van der Waals surface area contributed by atoms with Crippen molar-refractivity contribution in [2.45, 2.75) is 6.42 Å². The zero-order valence-electron chi connectivity index (χ0n) is 10.9. The zero-order valence-corrected chi connectivity index (χ0v) is 10.9. The Morgan fingerprint density at radius 2 is 1.45 bits per heavy atom. The van der Waals surface area contributed by atoms with Crippen molar-refractivity contribution in [1.29, 1.82) is 0 Å². The molecule has 1 heterocycles. The third-order valence-corrected chi connectivity index (χ3v) is 3.38. The highest BCUT2D eigenvalue weighted by atomic mass is 16.2. The van der Waals surface area contributed by atoms with Crippen LogP contribution in [0.5, 0.6) is 0 Å². The van der Waals surface area contributed by atoms with Gasteiger partial charge in [0, 0.05) is 10.8 Å². The van der Waals surface area contributed by atoms with Crippen molar-refractivity contribution in [1.82, 2.24) is 4.57 Å². The van der Waals surface area contributed by atoms with Crippen LogP contribution < -0.4 is 0 Å². The molecule has 0 N–H and O–H groups in total. The summed E-state index contributed by atoms with van der Waals surface area (Å²) in [5.74, 6) is -0.496. The summed E-state index contributed by atoms with van der Waals surface area (Å²) >= 11 is 0. The second kappa shape index (κ2) is 4.78. The molecule has 0 radical (unpaired) electrons. The first-order valence-corrected chi connectivity index (χ1v) is 6.39. The predicted octanol–water partition coefficient (Wildman–Crippen LogP) is 3.58. The predicted molar refractivity (Wildman–Crippen MR) is 79.9 cm³/mol. The molecule has 0 aliphatic carbocycles. The molecule has 0 saturated heterocycles. The number of allylic oxidation sites excluding steroid dienone is 1. The largest absolute Gasteiger partial charge is 0.294 e. The molecule has 2 aromatic carbocycles. The van der Waals surface area contributed by atoms with Gasteiger partial charge < -0.3 is 0 Å². The number of carbonyl (C=O) groups is 2. The molecule has 0 atom stereocenters. The van der Waals surface area contributed by atoms with Gasteiger partial charge in [-0.1, -0.05) is 43.0 Å². The van der Waals surface area contributed by atoms with Gasteiger partial charge in [0.15, 0.2) is 5.78 Å². The van der Waals surface area contributed by atoms with E-state index in [2.05, 4.69) is 6.58 Å². The molecule has 1 aromatic heterocycles. The first-order valence-electron chi connectivity index (χ1n) is 6.39. The molecule has 0 amide bonds. The first-order chi connectivity index (χ1) is 9.72. The molecular formula is C17H13NO2. The first kappa shape index (κ1) is 12.4. The highest BCUT2D eigenvalue weighted by Gasteiger charge is 2.16. The number of nitrogens with zero attached hydrogens (tertiary/aromatic N) is 1. The average molecular weight is 263 g/mol. The van der Waals surface area contributed by atoms with E-state index >= 15 is 0 Å². The fourth-order valence-electron chi connectivity index (χ4n) is 2.49. The smallest absolute Gasteiger partial charge is 0.239 e. The Balaban J connectivity index is 2.29. The number of para-hydroxylation sites is 2. The van der Waals surface area contributed by atoms with Crippen LogP contribution in [0.15, 0.2) is 61.2 Å². The fraction of sp³-hybridized carbons (Fsp3) is 0.0588. The minimum absolute atomic E-state index is 0.161. The Labute approximate surface area is 116 Å². The van der Waals surface area contributed by atoms with Crippen LogP contribution in [0.3, 0.4) is 0 Å². The highest BCUT2D eigenvalue weighted by molar-refractivity contribution is 6.16. The SMILES string of the molecule is C=CC(=O)CC(=O)n1c2ccccc2c2ccccc21. The molecule has 3 aromatic rings. The van der Waals surface area contributed by atoms with E-state index in [0.29, 0.717) is 0 Å². The maximum absolute atomic E-state index is 12.4. The van der Waals surface area contributed by atoms with Gasteiger partial charge in [0.2, 0.25) is 5.91 Å². The van der Waals surface area contributed by atoms with Crippen molar-refractivity contribution in [2.75, 3.05) is 0 Å². The molecule has 20 heavy (non-hydrogen) atoms. The molecule has 98 valence electrons. The molecule has 0 saturated carbocycles. The average Bonchev–Trinajstić information content (AvgIpc) is 2.81. The molecule has 3 rings (SSSR count). The lowest BCUT2D eigenvalue weighted by molar-refractivity contribution is -0.113. The molecule has 0 aliphatic rings. The van der Waals surface area contributed by atoms with Crippen molar-refractivity contribution in [3.8, 4) is 0 Å². The van der Waals surface area contributed by atoms with Crippen molar-refractivity contribution in [3.63, 3.8) is 0 Å². The molecular weight excluding hydrogens is 250 g/mol. The number of ketones is 1. The van der Waals surface area contributed by atoms with Crippen LogP contribution in [0, 0.1) is 0 Å². The lowest BCUT2D eigenvalue weighted by Gasteiger charge is -2.04. The zero-order chi connectivity index (χ0) is 14.1. The van der Waals surface area contributed by atoms with E-state index in [-0.39, 0.29) is 18.1 Å². The quantitative estimate of drug-likeness (QED) is 0.535. The number of rotatable bonds is 3. The van der Waals surface area contributed by atoms with Crippen molar-refractivity contribution in [3.05, 3.63) is 61.2 Å². The van der Waals surface area contributed by atoms with Crippen LogP contribution in [-0.2, 0) is 4.79 Å². The van der Waals surface area contributed by atoms with E-state index in [1.807, 2.05) is 48.5 Å². The second-order valence-corrected chi connectivity index (χ2v) is 4.61. The van der Waals surface area contributed by atoms with Crippen molar-refractivity contribution in [2.24, 2.45) is 0 Å². The van der Waals surface area contributed by atoms with Crippen LogP contribution >= 0.6 is 0 Å². The van der Waals surface area contributed by atoms with Crippen LogP contribution in [0.4, 0.5) is 0 Å². The molecule has 0 unspecified atom stereocenters. The normalized spacial score (nSPS) is 10.8. The van der Waals surface area contributed by atoms with E-state index in [4.69, 9.17) is 0 Å². The van der Waals surface area contributed by atoms with E-state index in [1.165, 1.54) is 6.08 Å². The van der Waals surface area contributed by atoms with Gasteiger partial charge in [-0.15, -0.1) is 0 Å². The monoisotopic (exact) mass is 263 g/mol. The Hall–Kier alpha value is -2.68. The summed E-state index contributed by atoms with van der Waals surface area (Å²) in [5, 5.41) is 2.03. The Morgan fingerprint density at radius 3 is 1.95 bits per heavy atom. The summed E-state index contributed by atoms with van der Waals surface area (Å²) < 4.78 is 1.62. The number of benzene rings is 2. The number of hydrogen-bond donors (Lipinski definition) is 0. The number of carbonyl (C=O) groups excluding carboxylic acids is 2. The van der Waals surface area contributed by atoms with E-state index in [1.54, 1.807) is 4.57 Å². The molecule has 3 heteroatoms. The van der Waals surface area contributed by atoms with Gasteiger partial charge in [-0.25, -0.2) is 0 Å². The second-order valence-electron chi connectivity index (χ2n) is 4.61. The summed E-state index contributed by atoms with van der Waals surface area (Å²) in [7, 11) is 0. The van der Waals surface area contributed by atoms with Gasteiger partial charge >= 0.3 is 0 Å². The molecule has 0 fully saturated rings. The number of hydrogen-bond acceptors (Lipinski definition) is 2. The van der Waals surface area contributed by atoms with Crippen LogP contribution in [0.1, 0.15) is 11.2 Å².